The molecule has 28 atom stereocenters. The number of carbonyl (C=O) groups excluding carboxylic acids is 3. The van der Waals surface area contributed by atoms with E-state index < -0.39 is 266 Å². The fraction of sp³-hybridized carbons (Fsp3) is 0.912. The first-order valence-corrected chi connectivity index (χ1v) is 44.4. The number of carboxylic acid groups (broad SMARTS) is 2. The highest BCUT2D eigenvalue weighted by atomic mass is 32.3. The molecule has 9 saturated heterocycles. The van der Waals surface area contributed by atoms with Gasteiger partial charge >= 0.3 is 80.4 Å². The molecule has 59 heteroatoms. The fourth-order valence-electron chi connectivity index (χ4n) is 14.5. The Morgan fingerprint density at radius 1 is 0.526 bits per heavy atom. The fourth-order valence-corrected chi connectivity index (χ4v) is 18.4. The lowest BCUT2D eigenvalue weighted by Crippen LogP contribution is -2.78. The Labute approximate surface area is 668 Å². The summed E-state index contributed by atoms with van der Waals surface area (Å²) in [5.74, 6) is -4.44. The molecule has 2 bridgehead atoms. The SMILES string of the molecule is CCCO[C@H]1[C@H](O)[C@@H](COS(=O)(=O)O)O[C@H](O[C@H]2[C@H](OC)[C@@H](OC)[C@H](O[C@H]3[C@H](OS(=O)(=O)O)[C@@H](OS(=O)(=O)O)[C@@H](O[C@H]4[C@H](OC)[C@H]5OC[C@]4(C(=O)O)OC5O[C@H]4[C@H](OC)[C@@H](OS(=O)(=O)O)[C@@H](OC)O[C@@H]4COS(=O)(=O)O)O[C@@H]3COS(=O)(=O)O)O[C@]2(CC)C(=O)O)[C@@H]1NC(=O)CCCCCNC(=O)CCCCC1SCC2NC(=O)NC21. The van der Waals surface area contributed by atoms with Crippen LogP contribution < -0.4 is 21.3 Å². The van der Waals surface area contributed by atoms with Crippen molar-refractivity contribution < 1.29 is 218 Å². The normalized spacial score (nSPS) is 37.1. The molecule has 0 aromatic heterocycles. The van der Waals surface area contributed by atoms with Crippen molar-refractivity contribution >= 4 is 104 Å². The molecule has 52 nitrogen and oxygen atoms in total. The zero-order valence-electron chi connectivity index (χ0n) is 62.3. The molecule has 9 aliphatic heterocycles. The van der Waals surface area contributed by atoms with E-state index in [-0.39, 0.29) is 68.1 Å². The van der Waals surface area contributed by atoms with Crippen molar-refractivity contribution in [2.75, 3.05) is 80.9 Å². The number of aliphatic hydroxyl groups excluding tert-OH is 1. The molecule has 0 spiro atoms. The van der Waals surface area contributed by atoms with Crippen molar-refractivity contribution in [2.45, 2.75) is 248 Å². The largest absolute Gasteiger partial charge is 0.479 e. The van der Waals surface area contributed by atoms with E-state index in [0.717, 1.165) is 61.1 Å². The third-order valence-corrected chi connectivity index (χ3v) is 23.8. The van der Waals surface area contributed by atoms with Crippen LogP contribution in [0.4, 0.5) is 4.79 Å². The number of amides is 4. The number of fused-ring (bicyclic) bond motifs is 4. The number of nitrogens with one attached hydrogen (secondary N) is 4. The van der Waals surface area contributed by atoms with E-state index in [4.69, 9.17) is 88.3 Å². The minimum absolute atomic E-state index is 0.0174. The van der Waals surface area contributed by atoms with Crippen molar-refractivity contribution in [2.24, 2.45) is 0 Å². The topological polar surface area (TPSA) is 723 Å². The lowest BCUT2D eigenvalue weighted by atomic mass is 9.83. The van der Waals surface area contributed by atoms with Crippen molar-refractivity contribution in [3.8, 4) is 0 Å². The molecular weight excluding hydrogens is 1730 g/mol. The van der Waals surface area contributed by atoms with Gasteiger partial charge < -0.3 is 112 Å². The number of carboxylic acids is 2. The number of rotatable bonds is 46. The first-order chi connectivity index (χ1) is 54.2. The minimum Gasteiger partial charge on any atom is -0.479 e. The summed E-state index contributed by atoms with van der Waals surface area (Å²) in [4.78, 5) is 66.7. The summed E-state index contributed by atoms with van der Waals surface area (Å²) in [7, 11) is -30.1. The first-order valence-electron chi connectivity index (χ1n) is 35.2. The van der Waals surface area contributed by atoms with Gasteiger partial charge in [-0.2, -0.15) is 62.3 Å². The zero-order valence-corrected chi connectivity index (χ0v) is 68.1. The molecule has 672 valence electrons. The molecule has 13 N–H and O–H groups in total. The van der Waals surface area contributed by atoms with E-state index in [1.807, 2.05) is 0 Å². The summed E-state index contributed by atoms with van der Waals surface area (Å²) in [6, 6.07) is -1.90. The predicted octanol–water partition coefficient (Wildman–Crippen LogP) is -5.36. The number of aliphatic hydroxyl groups is 1. The van der Waals surface area contributed by atoms with Crippen LogP contribution in [0.5, 0.6) is 0 Å². The molecule has 4 unspecified atom stereocenters. The number of methoxy groups -OCH3 is 5. The summed E-state index contributed by atoms with van der Waals surface area (Å²) >= 11 is 1.75. The van der Waals surface area contributed by atoms with Gasteiger partial charge in [0.25, 0.3) is 0 Å². The maximum atomic E-state index is 14.2. The van der Waals surface area contributed by atoms with Gasteiger partial charge in [0.2, 0.25) is 17.4 Å². The monoisotopic (exact) mass is 1830 g/mol. The van der Waals surface area contributed by atoms with E-state index >= 15 is 0 Å². The van der Waals surface area contributed by atoms with Crippen LogP contribution in [0.1, 0.15) is 78.1 Å². The Morgan fingerprint density at radius 2 is 1.05 bits per heavy atom. The summed E-state index contributed by atoms with van der Waals surface area (Å²) in [5.41, 5.74) is -6.28. The Morgan fingerprint density at radius 3 is 1.59 bits per heavy atom. The van der Waals surface area contributed by atoms with Gasteiger partial charge in [0, 0.05) is 72.5 Å². The second kappa shape index (κ2) is 41.0. The van der Waals surface area contributed by atoms with E-state index in [9.17, 15) is 117 Å². The smallest absolute Gasteiger partial charge is 0.397 e. The van der Waals surface area contributed by atoms with Crippen LogP contribution in [0.25, 0.3) is 0 Å². The molecule has 9 aliphatic rings. The van der Waals surface area contributed by atoms with Crippen LogP contribution in [0.15, 0.2) is 0 Å². The molecular formula is C57H94N4O48S7. The number of urea groups is 1. The molecule has 4 amide bonds. The average Bonchev–Trinajstić information content (AvgIpc) is 0.824. The summed E-state index contributed by atoms with van der Waals surface area (Å²) in [5, 5.41) is 45.9. The van der Waals surface area contributed by atoms with Gasteiger partial charge in [0.05, 0.1) is 38.5 Å². The molecule has 0 radical (unpaired) electrons. The quantitative estimate of drug-likeness (QED) is 0.0154. The number of unbranched alkanes of at least 4 members (excludes halogenated alkanes) is 3. The van der Waals surface area contributed by atoms with Gasteiger partial charge in [-0.3, -0.25) is 36.9 Å². The van der Waals surface area contributed by atoms with Crippen LogP contribution in [-0.4, -0.2) is 374 Å². The van der Waals surface area contributed by atoms with Crippen LogP contribution in [-0.2, 0) is 182 Å². The Balaban J connectivity index is 1.09. The molecule has 9 heterocycles. The molecule has 9 fully saturated rings. The van der Waals surface area contributed by atoms with Crippen LogP contribution in [0.2, 0.25) is 0 Å². The molecule has 0 aromatic carbocycles. The third-order valence-electron chi connectivity index (χ3n) is 19.6. The highest BCUT2D eigenvalue weighted by molar-refractivity contribution is 8.00. The Bertz CT molecular complexity index is 4050. The second-order valence-corrected chi connectivity index (χ2v) is 34.7. The van der Waals surface area contributed by atoms with Gasteiger partial charge in [-0.1, -0.05) is 26.7 Å². The maximum Gasteiger partial charge on any atom is 0.397 e. The second-order valence-electron chi connectivity index (χ2n) is 27.0. The van der Waals surface area contributed by atoms with Crippen LogP contribution in [0, 0.1) is 0 Å². The van der Waals surface area contributed by atoms with Crippen molar-refractivity contribution in [1.82, 2.24) is 21.3 Å². The van der Waals surface area contributed by atoms with Crippen molar-refractivity contribution in [3.63, 3.8) is 0 Å². The average molecular weight is 1830 g/mol. The number of aliphatic carboxylic acids is 2. The van der Waals surface area contributed by atoms with E-state index in [1.165, 1.54) is 0 Å². The van der Waals surface area contributed by atoms with Gasteiger partial charge in [-0.15, -0.1) is 0 Å². The molecule has 116 heavy (non-hydrogen) atoms. The zero-order chi connectivity index (χ0) is 86.0. The summed E-state index contributed by atoms with van der Waals surface area (Å²) < 4.78 is 332. The lowest BCUT2D eigenvalue weighted by Gasteiger charge is -2.57. The number of carbonyl (C=O) groups is 5. The van der Waals surface area contributed by atoms with Gasteiger partial charge in [0.15, 0.2) is 49.3 Å². The first kappa shape index (κ1) is 97.5. The predicted molar refractivity (Wildman–Crippen MR) is 371 cm³/mol. The highest BCUT2D eigenvalue weighted by Crippen LogP contribution is 2.47. The van der Waals surface area contributed by atoms with Gasteiger partial charge in [0.1, 0.15) is 97.6 Å². The van der Waals surface area contributed by atoms with Crippen molar-refractivity contribution in [3.05, 3.63) is 0 Å². The Kier molecular flexibility index (Phi) is 34.5. The molecule has 0 aliphatic carbocycles. The molecule has 0 saturated carbocycles. The standard InChI is InChI=1S/C57H94N4O48S7/c1-8-19-93-37-33(60-31(63)17-11-10-14-18-58-30(62)16-13-12-15-29-32-25(23-110-29)59-55(69)61-32)48(98-26(34(37)64)20-95-111(70,71)72)103-46-40(89-4)42(91-6)51(105-56(46,9-2)53(65)66)102-36-28(22-97-113(76,77)78)100-50(45(109-116(85,86)87)39(36)107-114(79,80)81)104-47-41(90-5)43-52(106-57(47,24-94-43)54(67)68)101-35-27(21-96-112(73,74)75)99-49(92-7)44(38(35)88-3)108-115(82,83)84/h25-29,32-52,64H,8-24H2,1-7H3,(H,58,62)(H,60,63)(H,65,66)(H,67,68)(H2,59,61,69)(H,70,71,72)(H,73,74,75)(H,76,77,78)(H,79,80,81)(H,82,83,84)(H,85,86,87)/t25?,26-,27-,28-,29?,32?,33-,34-,35-,36-,37-,38+,39+,40-,41-,42-,43-,44-,45-,46+,47+,48-,49+,50-,51-,52?,56+,57+/m1/s1. The maximum absolute atomic E-state index is 14.2. The van der Waals surface area contributed by atoms with Gasteiger partial charge in [-0.25, -0.2) is 39.5 Å². The minimum atomic E-state index is -6.23. The van der Waals surface area contributed by atoms with E-state index in [2.05, 4.69) is 33.8 Å². The Hall–Kier alpha value is -3.96. The number of hydrogen-bond donors (Lipinski definition) is 13. The number of ether oxygens (including phenoxy) is 16. The van der Waals surface area contributed by atoms with E-state index in [1.54, 1.807) is 18.7 Å². The molecule has 9 rings (SSSR count). The van der Waals surface area contributed by atoms with Crippen LogP contribution >= 0.6 is 11.8 Å². The van der Waals surface area contributed by atoms with Crippen LogP contribution in [0.3, 0.4) is 0 Å². The van der Waals surface area contributed by atoms with Gasteiger partial charge in [-0.05, 0) is 38.5 Å². The number of hydrogen-bond acceptors (Lipinski definition) is 41. The third kappa shape index (κ3) is 25.4. The highest BCUT2D eigenvalue weighted by Gasteiger charge is 2.70. The number of thioether (sulfide) groups is 1. The summed E-state index contributed by atoms with van der Waals surface area (Å²) in [6.07, 6.45) is -48.2. The van der Waals surface area contributed by atoms with E-state index in [0.29, 0.717) is 19.3 Å². The lowest BCUT2D eigenvalue weighted by molar-refractivity contribution is -0.429. The summed E-state index contributed by atoms with van der Waals surface area (Å²) in [6.45, 7) is -2.71. The van der Waals surface area contributed by atoms with Crippen molar-refractivity contribution in [1.29, 1.82) is 0 Å². The molecule has 0 aromatic rings.